The van der Waals surface area contributed by atoms with Crippen molar-refractivity contribution < 1.29 is 28.5 Å². The zero-order chi connectivity index (χ0) is 25.5. The molecule has 194 valence electrons. The van der Waals surface area contributed by atoms with E-state index in [1.54, 1.807) is 6.07 Å². The van der Waals surface area contributed by atoms with E-state index in [2.05, 4.69) is 17.1 Å². The van der Waals surface area contributed by atoms with Gasteiger partial charge in [-0.2, -0.15) is 0 Å². The molecule has 4 atom stereocenters. The maximum Gasteiger partial charge on any atom is 0.307 e. The molecule has 37 heavy (non-hydrogen) atoms. The Balaban J connectivity index is 1.08. The monoisotopic (exact) mass is 505 g/mol. The molecule has 0 spiro atoms. The Bertz CT molecular complexity index is 1260. The van der Waals surface area contributed by atoms with Crippen LogP contribution in [0.3, 0.4) is 0 Å². The maximum absolute atomic E-state index is 14.7. The summed E-state index contributed by atoms with van der Waals surface area (Å²) in [6, 6.07) is 8.94. The molecule has 1 aromatic heterocycles. The predicted octanol–water partition coefficient (Wildman–Crippen LogP) is 5.49. The number of ether oxygens (including phenoxy) is 3. The molecule has 3 fully saturated rings. The zero-order valence-corrected chi connectivity index (χ0v) is 21.0. The lowest BCUT2D eigenvalue weighted by atomic mass is 9.93. The van der Waals surface area contributed by atoms with Crippen molar-refractivity contribution in [1.29, 1.82) is 0 Å². The lowest BCUT2D eigenvalue weighted by molar-refractivity contribution is -0.139. The fraction of sp³-hybridized carbons (Fsp3) is 0.467. The average Bonchev–Trinajstić information content (AvgIpc) is 3.50. The first kappa shape index (κ1) is 24.3. The summed E-state index contributed by atoms with van der Waals surface area (Å²) in [5.41, 5.74) is 5.56. The maximum atomic E-state index is 14.7. The zero-order valence-electron chi connectivity index (χ0n) is 21.0. The van der Waals surface area contributed by atoms with Gasteiger partial charge >= 0.3 is 5.97 Å². The standard InChI is InChI=1S/C30H32FNO5/c1-17-23(5-7-27(32-17)37-15-18-8-10-35-11-9-18)19-2-6-26(31)21(12-19)16-36-22-3-4-24-20(13-22)14-25-28(24)29(25)30(33)34/h2,4-7,12-13,18,22,25,28-29H,3,8-11,14-16H2,1H3,(H,33,34)/t22?,25-,28+,29+/m1/s1. The highest BCUT2D eigenvalue weighted by Gasteiger charge is 2.61. The van der Waals surface area contributed by atoms with Gasteiger partial charge in [0.05, 0.1) is 25.2 Å². The van der Waals surface area contributed by atoms with Gasteiger partial charge in [0.25, 0.3) is 0 Å². The summed E-state index contributed by atoms with van der Waals surface area (Å²) in [6.45, 7) is 4.33. The number of allylic oxidation sites excluding steroid dienone is 2. The molecule has 2 saturated carbocycles. The van der Waals surface area contributed by atoms with E-state index in [1.807, 2.05) is 25.1 Å². The van der Waals surface area contributed by atoms with Crippen LogP contribution < -0.4 is 4.74 Å². The molecule has 6 rings (SSSR count). The first-order chi connectivity index (χ1) is 18.0. The Labute approximate surface area is 216 Å². The van der Waals surface area contributed by atoms with Crippen LogP contribution in [0.5, 0.6) is 5.88 Å². The number of aryl methyl sites for hydroxylation is 1. The molecule has 0 bridgehead atoms. The van der Waals surface area contributed by atoms with Crippen molar-refractivity contribution in [3.8, 4) is 17.0 Å². The minimum atomic E-state index is -0.689. The Kier molecular flexibility index (Phi) is 6.59. The number of fused-ring (bicyclic) bond motifs is 3. The fourth-order valence-electron chi connectivity index (χ4n) is 6.15. The number of carboxylic acids is 1. The van der Waals surface area contributed by atoms with Gasteiger partial charge in [-0.15, -0.1) is 0 Å². The van der Waals surface area contributed by atoms with Gasteiger partial charge in [0.1, 0.15) is 5.82 Å². The second-order valence-corrected chi connectivity index (χ2v) is 10.6. The lowest BCUT2D eigenvalue weighted by Gasteiger charge is -2.22. The number of nitrogens with zero attached hydrogens (tertiary/aromatic N) is 1. The van der Waals surface area contributed by atoms with Crippen LogP contribution in [0, 0.1) is 36.4 Å². The summed E-state index contributed by atoms with van der Waals surface area (Å²) in [7, 11) is 0. The highest BCUT2D eigenvalue weighted by Crippen LogP contribution is 2.63. The minimum Gasteiger partial charge on any atom is -0.481 e. The Morgan fingerprint density at radius 3 is 2.84 bits per heavy atom. The van der Waals surface area contributed by atoms with Gasteiger partial charge < -0.3 is 19.3 Å². The molecular weight excluding hydrogens is 473 g/mol. The molecule has 7 heteroatoms. The van der Waals surface area contributed by atoms with Gasteiger partial charge in [-0.3, -0.25) is 4.79 Å². The number of halogens is 1. The number of benzene rings is 1. The van der Waals surface area contributed by atoms with E-state index >= 15 is 0 Å². The van der Waals surface area contributed by atoms with E-state index in [0.29, 0.717) is 30.4 Å². The van der Waals surface area contributed by atoms with Crippen molar-refractivity contribution in [1.82, 2.24) is 4.98 Å². The Morgan fingerprint density at radius 1 is 1.22 bits per heavy atom. The van der Waals surface area contributed by atoms with Gasteiger partial charge in [-0.05, 0) is 79.4 Å². The summed E-state index contributed by atoms with van der Waals surface area (Å²) in [5, 5.41) is 9.33. The molecule has 1 unspecified atom stereocenters. The van der Waals surface area contributed by atoms with E-state index < -0.39 is 5.97 Å². The molecule has 2 aromatic rings. The minimum absolute atomic E-state index is 0.127. The smallest absolute Gasteiger partial charge is 0.307 e. The molecule has 1 saturated heterocycles. The van der Waals surface area contributed by atoms with Gasteiger partial charge in [0.15, 0.2) is 0 Å². The van der Waals surface area contributed by atoms with Crippen molar-refractivity contribution in [3.63, 3.8) is 0 Å². The van der Waals surface area contributed by atoms with Crippen LogP contribution in [0.4, 0.5) is 4.39 Å². The molecule has 1 N–H and O–H groups in total. The van der Waals surface area contributed by atoms with Gasteiger partial charge in [-0.25, -0.2) is 9.37 Å². The number of aliphatic carboxylic acids is 1. The van der Waals surface area contributed by atoms with Crippen LogP contribution in [0.25, 0.3) is 11.1 Å². The highest BCUT2D eigenvalue weighted by molar-refractivity contribution is 5.77. The van der Waals surface area contributed by atoms with Crippen molar-refractivity contribution in [2.75, 3.05) is 19.8 Å². The number of hydrogen-bond donors (Lipinski definition) is 1. The third-order valence-electron chi connectivity index (χ3n) is 8.27. The third-order valence-corrected chi connectivity index (χ3v) is 8.27. The van der Waals surface area contributed by atoms with Crippen LogP contribution in [0.1, 0.15) is 36.9 Å². The van der Waals surface area contributed by atoms with Crippen LogP contribution in [0.2, 0.25) is 0 Å². The fourth-order valence-corrected chi connectivity index (χ4v) is 6.15. The van der Waals surface area contributed by atoms with Crippen LogP contribution >= 0.6 is 0 Å². The highest BCUT2D eigenvalue weighted by atomic mass is 19.1. The molecule has 1 aliphatic heterocycles. The number of rotatable bonds is 8. The summed E-state index contributed by atoms with van der Waals surface area (Å²) in [6.07, 6.45) is 7.62. The van der Waals surface area contributed by atoms with E-state index in [0.717, 1.165) is 49.3 Å². The number of carbonyl (C=O) groups is 1. The van der Waals surface area contributed by atoms with E-state index in [9.17, 15) is 14.3 Å². The Morgan fingerprint density at radius 2 is 2.05 bits per heavy atom. The van der Waals surface area contributed by atoms with Gasteiger partial charge in [-0.1, -0.05) is 18.2 Å². The van der Waals surface area contributed by atoms with Crippen LogP contribution in [0.15, 0.2) is 53.6 Å². The molecule has 2 heterocycles. The van der Waals surface area contributed by atoms with Crippen molar-refractivity contribution in [2.45, 2.75) is 45.3 Å². The van der Waals surface area contributed by atoms with E-state index in [-0.39, 0.29) is 36.3 Å². The molecule has 3 aliphatic carbocycles. The molecule has 0 amide bonds. The van der Waals surface area contributed by atoms with E-state index in [4.69, 9.17) is 14.2 Å². The normalized spacial score (nSPS) is 26.6. The predicted molar refractivity (Wildman–Crippen MR) is 135 cm³/mol. The SMILES string of the molecule is Cc1nc(OCC2CCOCC2)ccc1-c1ccc(F)c(COC2C=C3C[C@H]4[C@H](C(=O)O)[C@H]4C3=CC2)c1. The Hall–Kier alpha value is -3.03. The molecular formula is C30H32FNO5. The summed E-state index contributed by atoms with van der Waals surface area (Å²) in [4.78, 5) is 16.0. The third kappa shape index (κ3) is 4.94. The summed E-state index contributed by atoms with van der Waals surface area (Å²) < 4.78 is 32.1. The average molecular weight is 506 g/mol. The first-order valence-electron chi connectivity index (χ1n) is 13.2. The van der Waals surface area contributed by atoms with Crippen molar-refractivity contribution in [3.05, 3.63) is 70.7 Å². The second-order valence-electron chi connectivity index (χ2n) is 10.6. The van der Waals surface area contributed by atoms with Crippen LogP contribution in [-0.4, -0.2) is 42.0 Å². The second kappa shape index (κ2) is 10.0. The molecule has 0 radical (unpaired) electrons. The molecule has 6 nitrogen and oxygen atoms in total. The number of hydrogen-bond acceptors (Lipinski definition) is 5. The van der Waals surface area contributed by atoms with Crippen molar-refractivity contribution in [2.24, 2.45) is 23.7 Å². The first-order valence-corrected chi connectivity index (χ1v) is 13.2. The number of carboxylic acid groups (broad SMARTS) is 1. The lowest BCUT2D eigenvalue weighted by Crippen LogP contribution is -2.21. The summed E-state index contributed by atoms with van der Waals surface area (Å²) >= 11 is 0. The van der Waals surface area contributed by atoms with Gasteiger partial charge in [0.2, 0.25) is 5.88 Å². The van der Waals surface area contributed by atoms with E-state index in [1.165, 1.54) is 17.2 Å². The van der Waals surface area contributed by atoms with Gasteiger partial charge in [0, 0.05) is 42.0 Å². The quantitative estimate of drug-likeness (QED) is 0.511. The largest absolute Gasteiger partial charge is 0.481 e. The van der Waals surface area contributed by atoms with Crippen molar-refractivity contribution >= 4 is 5.97 Å². The molecule has 4 aliphatic rings. The summed E-state index contributed by atoms with van der Waals surface area (Å²) in [5.74, 6) is 0.313. The molecule has 1 aromatic carbocycles. The number of aromatic nitrogens is 1. The topological polar surface area (TPSA) is 77.9 Å². The van der Waals surface area contributed by atoms with Crippen LogP contribution in [-0.2, 0) is 20.9 Å². The number of pyridine rings is 1.